The van der Waals surface area contributed by atoms with E-state index < -0.39 is 0 Å². The maximum Gasteiger partial charge on any atom is 0.226 e. The van der Waals surface area contributed by atoms with Crippen LogP contribution in [0.4, 0.5) is 0 Å². The van der Waals surface area contributed by atoms with Gasteiger partial charge in [0.05, 0.1) is 19.1 Å². The first-order valence-corrected chi connectivity index (χ1v) is 5.85. The fraction of sp³-hybridized carbons (Fsp3) is 0.462. The number of halogens is 1. The van der Waals surface area contributed by atoms with E-state index in [-0.39, 0.29) is 30.3 Å². The van der Waals surface area contributed by atoms with E-state index in [2.05, 4.69) is 10.6 Å². The Labute approximate surface area is 114 Å². The van der Waals surface area contributed by atoms with Gasteiger partial charge in [-0.2, -0.15) is 0 Å². The first kappa shape index (κ1) is 14.8. The van der Waals surface area contributed by atoms with Gasteiger partial charge >= 0.3 is 0 Å². The van der Waals surface area contributed by atoms with Gasteiger partial charge in [0, 0.05) is 13.1 Å². The van der Waals surface area contributed by atoms with Crippen LogP contribution >= 0.6 is 12.4 Å². The Morgan fingerprint density at radius 2 is 2.22 bits per heavy atom. The highest BCUT2D eigenvalue weighted by molar-refractivity contribution is 5.85. The lowest BCUT2D eigenvalue weighted by Crippen LogP contribution is -2.51. The van der Waals surface area contributed by atoms with Crippen molar-refractivity contribution in [2.24, 2.45) is 5.92 Å². The molecule has 1 amide bonds. The van der Waals surface area contributed by atoms with Crippen LogP contribution in [0.3, 0.4) is 0 Å². The summed E-state index contributed by atoms with van der Waals surface area (Å²) in [5.74, 6) is 1.07. The summed E-state index contributed by atoms with van der Waals surface area (Å²) in [6, 6.07) is 7.78. The first-order valence-electron chi connectivity index (χ1n) is 5.85. The molecule has 0 spiro atoms. The van der Waals surface area contributed by atoms with Gasteiger partial charge in [0.1, 0.15) is 5.75 Å². The summed E-state index contributed by atoms with van der Waals surface area (Å²) >= 11 is 0. The largest absolute Gasteiger partial charge is 0.497 e. The second-order valence-electron chi connectivity index (χ2n) is 4.36. The molecule has 100 valence electrons. The van der Waals surface area contributed by atoms with Crippen molar-refractivity contribution in [1.82, 2.24) is 10.6 Å². The topological polar surface area (TPSA) is 50.4 Å². The van der Waals surface area contributed by atoms with Crippen LogP contribution in [-0.4, -0.2) is 26.1 Å². The van der Waals surface area contributed by atoms with Gasteiger partial charge < -0.3 is 15.4 Å². The van der Waals surface area contributed by atoms with Crippen molar-refractivity contribution in [2.75, 3.05) is 20.2 Å². The average molecular weight is 271 g/mol. The molecule has 0 radical (unpaired) electrons. The minimum Gasteiger partial charge on any atom is -0.497 e. The lowest BCUT2D eigenvalue weighted by atomic mass is 10.0. The molecule has 1 aromatic rings. The van der Waals surface area contributed by atoms with Gasteiger partial charge in [-0.3, -0.25) is 4.79 Å². The number of ether oxygens (including phenoxy) is 1. The second-order valence-corrected chi connectivity index (χ2v) is 4.36. The first-order chi connectivity index (χ1) is 8.20. The zero-order chi connectivity index (χ0) is 12.3. The van der Waals surface area contributed by atoms with E-state index in [9.17, 15) is 4.79 Å². The molecule has 1 fully saturated rings. The van der Waals surface area contributed by atoms with Crippen molar-refractivity contribution >= 4 is 18.3 Å². The number of methoxy groups -OCH3 is 1. The number of rotatable bonds is 4. The molecule has 0 aliphatic carbocycles. The molecule has 5 heteroatoms. The van der Waals surface area contributed by atoms with E-state index in [0.717, 1.165) is 24.4 Å². The second kappa shape index (κ2) is 6.61. The fourth-order valence-corrected chi connectivity index (χ4v) is 1.80. The minimum atomic E-state index is 0. The van der Waals surface area contributed by atoms with Crippen LogP contribution in [0.2, 0.25) is 0 Å². The highest BCUT2D eigenvalue weighted by Gasteiger charge is 2.25. The number of nitrogens with one attached hydrogen (secondary N) is 2. The molecule has 2 rings (SSSR count). The minimum absolute atomic E-state index is 0. The summed E-state index contributed by atoms with van der Waals surface area (Å²) in [6.45, 7) is 3.56. The van der Waals surface area contributed by atoms with E-state index in [1.165, 1.54) is 0 Å². The van der Waals surface area contributed by atoms with Crippen molar-refractivity contribution in [3.63, 3.8) is 0 Å². The quantitative estimate of drug-likeness (QED) is 0.872. The third-order valence-electron chi connectivity index (χ3n) is 3.10. The number of amides is 1. The molecule has 1 aromatic carbocycles. The molecule has 4 nitrogen and oxygen atoms in total. The molecule has 1 heterocycles. The molecule has 1 unspecified atom stereocenters. The van der Waals surface area contributed by atoms with Gasteiger partial charge in [-0.25, -0.2) is 0 Å². The number of hydrogen-bond acceptors (Lipinski definition) is 3. The number of hydrogen-bond donors (Lipinski definition) is 2. The predicted octanol–water partition coefficient (Wildman–Crippen LogP) is 1.51. The van der Waals surface area contributed by atoms with Crippen molar-refractivity contribution in [2.45, 2.75) is 13.0 Å². The summed E-state index contributed by atoms with van der Waals surface area (Å²) < 4.78 is 5.17. The molecule has 2 N–H and O–H groups in total. The molecule has 18 heavy (non-hydrogen) atoms. The van der Waals surface area contributed by atoms with Gasteiger partial charge in [0.2, 0.25) is 5.91 Å². The van der Waals surface area contributed by atoms with Gasteiger partial charge in [0.25, 0.3) is 0 Å². The Morgan fingerprint density at radius 1 is 1.50 bits per heavy atom. The third kappa shape index (κ3) is 3.37. The van der Waals surface area contributed by atoms with Crippen LogP contribution in [-0.2, 0) is 4.79 Å². The number of carbonyl (C=O) groups excluding carboxylic acids is 1. The number of carbonyl (C=O) groups is 1. The molecule has 1 saturated heterocycles. The highest BCUT2D eigenvalue weighted by Crippen LogP contribution is 2.19. The predicted molar refractivity (Wildman–Crippen MR) is 73.2 cm³/mol. The van der Waals surface area contributed by atoms with Gasteiger partial charge in [-0.1, -0.05) is 12.1 Å². The van der Waals surface area contributed by atoms with Crippen molar-refractivity contribution in [3.8, 4) is 5.75 Å². The third-order valence-corrected chi connectivity index (χ3v) is 3.10. The monoisotopic (exact) mass is 270 g/mol. The van der Waals surface area contributed by atoms with Crippen molar-refractivity contribution in [1.29, 1.82) is 0 Å². The fourth-order valence-electron chi connectivity index (χ4n) is 1.80. The summed E-state index contributed by atoms with van der Waals surface area (Å²) in [4.78, 5) is 11.8. The SMILES string of the molecule is COc1cccc(C(C)NC(=O)C2CNC2)c1.Cl. The lowest BCUT2D eigenvalue weighted by Gasteiger charge is -2.27. The van der Waals surface area contributed by atoms with Crippen molar-refractivity contribution in [3.05, 3.63) is 29.8 Å². The molecule has 1 aliphatic heterocycles. The standard InChI is InChI=1S/C13H18N2O2.ClH/c1-9(15-13(16)11-7-14-8-11)10-4-3-5-12(6-10)17-2;/h3-6,9,11,14H,7-8H2,1-2H3,(H,15,16);1H. The Balaban J connectivity index is 0.00000162. The van der Waals surface area contributed by atoms with Crippen LogP contribution in [0, 0.1) is 5.92 Å². The smallest absolute Gasteiger partial charge is 0.226 e. The van der Waals surface area contributed by atoms with Crippen LogP contribution in [0.5, 0.6) is 5.75 Å². The summed E-state index contributed by atoms with van der Waals surface area (Å²) in [5.41, 5.74) is 1.06. The van der Waals surface area contributed by atoms with E-state index in [0.29, 0.717) is 0 Å². The Hall–Kier alpha value is -1.26. The average Bonchev–Trinajstić information content (AvgIpc) is 2.26. The molecular weight excluding hydrogens is 252 g/mol. The Bertz CT molecular complexity index is 408. The zero-order valence-electron chi connectivity index (χ0n) is 10.6. The van der Waals surface area contributed by atoms with E-state index in [4.69, 9.17) is 4.74 Å². The van der Waals surface area contributed by atoms with Gasteiger partial charge in [-0.05, 0) is 24.6 Å². The zero-order valence-corrected chi connectivity index (χ0v) is 11.4. The van der Waals surface area contributed by atoms with E-state index in [1.54, 1.807) is 7.11 Å². The molecule has 1 atom stereocenters. The summed E-state index contributed by atoms with van der Waals surface area (Å²) in [7, 11) is 1.64. The summed E-state index contributed by atoms with van der Waals surface area (Å²) in [5, 5.41) is 6.11. The van der Waals surface area contributed by atoms with Crippen molar-refractivity contribution < 1.29 is 9.53 Å². The summed E-state index contributed by atoms with van der Waals surface area (Å²) in [6.07, 6.45) is 0. The molecule has 0 aromatic heterocycles. The van der Waals surface area contributed by atoms with Crippen LogP contribution in [0.1, 0.15) is 18.5 Å². The van der Waals surface area contributed by atoms with Crippen LogP contribution in [0.25, 0.3) is 0 Å². The Kier molecular flexibility index (Phi) is 5.44. The van der Waals surface area contributed by atoms with Gasteiger partial charge in [0.15, 0.2) is 0 Å². The number of benzene rings is 1. The Morgan fingerprint density at radius 3 is 2.78 bits per heavy atom. The molecular formula is C13H19ClN2O2. The highest BCUT2D eigenvalue weighted by atomic mass is 35.5. The van der Waals surface area contributed by atoms with E-state index >= 15 is 0 Å². The van der Waals surface area contributed by atoms with E-state index in [1.807, 2.05) is 31.2 Å². The maximum atomic E-state index is 11.8. The maximum absolute atomic E-state index is 11.8. The molecule has 0 saturated carbocycles. The van der Waals surface area contributed by atoms with Gasteiger partial charge in [-0.15, -0.1) is 12.4 Å². The van der Waals surface area contributed by atoms with Crippen LogP contribution in [0.15, 0.2) is 24.3 Å². The van der Waals surface area contributed by atoms with Crippen LogP contribution < -0.4 is 15.4 Å². The molecule has 0 bridgehead atoms. The normalized spacial score (nSPS) is 16.1. The molecule has 1 aliphatic rings. The lowest BCUT2D eigenvalue weighted by molar-refractivity contribution is -0.127.